The van der Waals surface area contributed by atoms with Crippen molar-refractivity contribution in [2.45, 2.75) is 33.4 Å². The normalized spacial score (nSPS) is 12.8. The van der Waals surface area contributed by atoms with Gasteiger partial charge in [0.05, 0.1) is 13.2 Å². The van der Waals surface area contributed by atoms with Crippen LogP contribution in [0.25, 0.3) is 0 Å². The second-order valence-electron chi connectivity index (χ2n) is 4.32. The third-order valence-electron chi connectivity index (χ3n) is 2.83. The van der Waals surface area contributed by atoms with Gasteiger partial charge in [-0.25, -0.2) is 15.8 Å². The van der Waals surface area contributed by atoms with E-state index >= 15 is 0 Å². The van der Waals surface area contributed by atoms with Gasteiger partial charge in [-0.2, -0.15) is 0 Å². The molecular weight excluding hydrogens is 230 g/mol. The molecule has 1 unspecified atom stereocenters. The second-order valence-corrected chi connectivity index (χ2v) is 4.32. The monoisotopic (exact) mass is 253 g/mol. The minimum atomic E-state index is 0.332. The van der Waals surface area contributed by atoms with Gasteiger partial charge in [0.1, 0.15) is 11.6 Å². The number of nitrogens with zero attached hydrogens (tertiary/aromatic N) is 3. The highest BCUT2D eigenvalue weighted by Crippen LogP contribution is 2.09. The summed E-state index contributed by atoms with van der Waals surface area (Å²) in [4.78, 5) is 11.0. The number of nitrogens with two attached hydrogens (primary N) is 1. The Morgan fingerprint density at radius 1 is 1.50 bits per heavy atom. The summed E-state index contributed by atoms with van der Waals surface area (Å²) in [7, 11) is 1.71. The number of nitrogen functional groups attached to an aromatic ring is 1. The molecule has 6 heteroatoms. The summed E-state index contributed by atoms with van der Waals surface area (Å²) in [6.45, 7) is 8.49. The lowest BCUT2D eigenvalue weighted by Crippen LogP contribution is -2.36. The molecule has 0 amide bonds. The number of rotatable bonds is 7. The third kappa shape index (κ3) is 4.21. The summed E-state index contributed by atoms with van der Waals surface area (Å²) < 4.78 is 5.18. The summed E-state index contributed by atoms with van der Waals surface area (Å²) in [6.07, 6.45) is 0. The van der Waals surface area contributed by atoms with Crippen LogP contribution in [0.1, 0.15) is 25.4 Å². The number of hydrogen-bond donors (Lipinski definition) is 2. The molecule has 0 aliphatic carbocycles. The number of hydrogen-bond acceptors (Lipinski definition) is 6. The molecule has 1 rings (SSSR count). The molecular formula is C12H23N5O. The minimum Gasteiger partial charge on any atom is -0.383 e. The van der Waals surface area contributed by atoms with Gasteiger partial charge in [0.15, 0.2) is 0 Å². The van der Waals surface area contributed by atoms with Crippen LogP contribution in [0.5, 0.6) is 0 Å². The zero-order chi connectivity index (χ0) is 13.5. The molecule has 0 spiro atoms. The lowest BCUT2D eigenvalue weighted by Gasteiger charge is -2.26. The molecule has 0 aliphatic heterocycles. The van der Waals surface area contributed by atoms with Gasteiger partial charge in [0.25, 0.3) is 0 Å². The van der Waals surface area contributed by atoms with Crippen molar-refractivity contribution in [2.24, 2.45) is 5.84 Å². The van der Waals surface area contributed by atoms with Crippen LogP contribution in [0.3, 0.4) is 0 Å². The number of aryl methyl sites for hydroxylation is 1. The smallest absolute Gasteiger partial charge is 0.145 e. The van der Waals surface area contributed by atoms with Crippen LogP contribution >= 0.6 is 0 Å². The van der Waals surface area contributed by atoms with Gasteiger partial charge in [0, 0.05) is 24.9 Å². The molecule has 1 heterocycles. The number of likely N-dealkylation sites (N-methyl/N-ethyl adjacent to an activating group) is 1. The molecule has 0 radical (unpaired) electrons. The van der Waals surface area contributed by atoms with Gasteiger partial charge in [0.2, 0.25) is 0 Å². The maximum Gasteiger partial charge on any atom is 0.145 e. The standard InChI is InChI=1S/C12H23N5O/c1-5-17(10(3)8-18-4)7-12-14-9(2)6-11(15-12)16-13/h6,10H,5,7-8,13H2,1-4H3,(H,14,15,16). The molecule has 6 nitrogen and oxygen atoms in total. The number of nitrogens with one attached hydrogen (secondary N) is 1. The average molecular weight is 253 g/mol. The Balaban J connectivity index is 2.77. The lowest BCUT2D eigenvalue weighted by molar-refractivity contribution is 0.0965. The summed E-state index contributed by atoms with van der Waals surface area (Å²) in [5.41, 5.74) is 3.47. The first-order chi connectivity index (χ1) is 8.60. The van der Waals surface area contributed by atoms with E-state index in [1.54, 1.807) is 7.11 Å². The predicted molar refractivity (Wildman–Crippen MR) is 72.0 cm³/mol. The maximum atomic E-state index is 5.38. The van der Waals surface area contributed by atoms with Gasteiger partial charge in [-0.15, -0.1) is 0 Å². The van der Waals surface area contributed by atoms with E-state index in [1.165, 1.54) is 0 Å². The molecule has 0 bridgehead atoms. The fourth-order valence-electron chi connectivity index (χ4n) is 1.88. The summed E-state index contributed by atoms with van der Waals surface area (Å²) in [5, 5.41) is 0. The van der Waals surface area contributed by atoms with Crippen LogP contribution in [0.4, 0.5) is 5.82 Å². The number of aromatic nitrogens is 2. The van der Waals surface area contributed by atoms with Crippen LogP contribution in [0.2, 0.25) is 0 Å². The van der Waals surface area contributed by atoms with Crippen molar-refractivity contribution >= 4 is 5.82 Å². The van der Waals surface area contributed by atoms with Crippen molar-refractivity contribution in [3.05, 3.63) is 17.6 Å². The van der Waals surface area contributed by atoms with Crippen molar-refractivity contribution < 1.29 is 4.74 Å². The van der Waals surface area contributed by atoms with Crippen LogP contribution in [0.15, 0.2) is 6.07 Å². The first kappa shape index (κ1) is 14.8. The molecule has 0 saturated carbocycles. The Morgan fingerprint density at radius 2 is 2.22 bits per heavy atom. The van der Waals surface area contributed by atoms with Crippen LogP contribution in [0, 0.1) is 6.92 Å². The van der Waals surface area contributed by atoms with Crippen molar-refractivity contribution in [3.8, 4) is 0 Å². The molecule has 18 heavy (non-hydrogen) atoms. The van der Waals surface area contributed by atoms with Crippen LogP contribution in [-0.4, -0.2) is 41.2 Å². The number of methoxy groups -OCH3 is 1. The van der Waals surface area contributed by atoms with E-state index < -0.39 is 0 Å². The fraction of sp³-hybridized carbons (Fsp3) is 0.667. The molecule has 1 aromatic heterocycles. The SMILES string of the molecule is CCN(Cc1nc(C)cc(NN)n1)C(C)COC. The molecule has 0 fully saturated rings. The zero-order valence-corrected chi connectivity index (χ0v) is 11.6. The second kappa shape index (κ2) is 7.25. The van der Waals surface area contributed by atoms with Gasteiger partial charge in [-0.3, -0.25) is 4.90 Å². The maximum absolute atomic E-state index is 5.38. The summed E-state index contributed by atoms with van der Waals surface area (Å²) in [6, 6.07) is 2.15. The van der Waals surface area contributed by atoms with E-state index in [0.717, 1.165) is 18.1 Å². The van der Waals surface area contributed by atoms with Crippen molar-refractivity contribution in [2.75, 3.05) is 25.7 Å². The minimum absolute atomic E-state index is 0.332. The van der Waals surface area contributed by atoms with E-state index in [1.807, 2.05) is 13.0 Å². The number of ether oxygens (including phenoxy) is 1. The Kier molecular flexibility index (Phi) is 5.97. The average Bonchev–Trinajstić information content (AvgIpc) is 2.35. The molecule has 1 aromatic rings. The van der Waals surface area contributed by atoms with Crippen molar-refractivity contribution in [1.82, 2.24) is 14.9 Å². The van der Waals surface area contributed by atoms with Gasteiger partial charge in [-0.05, 0) is 20.4 Å². The molecule has 0 saturated heterocycles. The fourth-order valence-corrected chi connectivity index (χ4v) is 1.88. The molecule has 0 aliphatic rings. The van der Waals surface area contributed by atoms with E-state index in [9.17, 15) is 0 Å². The third-order valence-corrected chi connectivity index (χ3v) is 2.83. The van der Waals surface area contributed by atoms with Crippen molar-refractivity contribution in [1.29, 1.82) is 0 Å². The highest BCUT2D eigenvalue weighted by Gasteiger charge is 2.14. The quantitative estimate of drug-likeness (QED) is 0.556. The summed E-state index contributed by atoms with van der Waals surface area (Å²) in [5.74, 6) is 6.80. The first-order valence-corrected chi connectivity index (χ1v) is 6.14. The lowest BCUT2D eigenvalue weighted by atomic mass is 10.3. The number of anilines is 1. The van der Waals surface area contributed by atoms with Crippen LogP contribution in [-0.2, 0) is 11.3 Å². The Morgan fingerprint density at radius 3 is 2.78 bits per heavy atom. The van der Waals surface area contributed by atoms with Gasteiger partial charge in [-0.1, -0.05) is 6.92 Å². The number of hydrazine groups is 1. The highest BCUT2D eigenvalue weighted by molar-refractivity contribution is 5.33. The molecule has 3 N–H and O–H groups in total. The Labute approximate surface area is 109 Å². The highest BCUT2D eigenvalue weighted by atomic mass is 16.5. The summed E-state index contributed by atoms with van der Waals surface area (Å²) >= 11 is 0. The van der Waals surface area contributed by atoms with E-state index in [0.29, 0.717) is 25.0 Å². The zero-order valence-electron chi connectivity index (χ0n) is 11.6. The Bertz CT molecular complexity index is 371. The topological polar surface area (TPSA) is 76.3 Å². The first-order valence-electron chi connectivity index (χ1n) is 6.14. The molecule has 0 aromatic carbocycles. The van der Waals surface area contributed by atoms with E-state index in [4.69, 9.17) is 10.6 Å². The van der Waals surface area contributed by atoms with Gasteiger partial charge >= 0.3 is 0 Å². The molecule has 102 valence electrons. The largest absolute Gasteiger partial charge is 0.383 e. The van der Waals surface area contributed by atoms with Gasteiger partial charge < -0.3 is 10.2 Å². The Hall–Kier alpha value is -1.24. The van der Waals surface area contributed by atoms with Crippen molar-refractivity contribution in [3.63, 3.8) is 0 Å². The van der Waals surface area contributed by atoms with E-state index in [2.05, 4.69) is 34.1 Å². The van der Waals surface area contributed by atoms with E-state index in [-0.39, 0.29) is 0 Å². The molecule has 1 atom stereocenters. The predicted octanol–water partition coefficient (Wildman–Crippen LogP) is 0.927. The van der Waals surface area contributed by atoms with Crippen LogP contribution < -0.4 is 11.3 Å².